The Balaban J connectivity index is 0.00000541. The summed E-state index contributed by atoms with van der Waals surface area (Å²) in [5.74, 6) is 0. The van der Waals surface area contributed by atoms with Crippen molar-refractivity contribution in [3.8, 4) is 22.5 Å². The summed E-state index contributed by atoms with van der Waals surface area (Å²) in [6.45, 7) is 29.6. The molecule has 6 aromatic rings. The molecule has 0 amide bonds. The van der Waals surface area contributed by atoms with Gasteiger partial charge in [0.25, 0.3) is 0 Å². The number of benzene rings is 3. The molecule has 0 atom stereocenters. The van der Waals surface area contributed by atoms with Crippen LogP contribution in [0.4, 0.5) is 11.4 Å². The summed E-state index contributed by atoms with van der Waals surface area (Å²) >= 11 is 1.88. The van der Waals surface area contributed by atoms with Crippen LogP contribution in [0.2, 0.25) is 13.1 Å². The Morgan fingerprint density at radius 2 is 1.26 bits per heavy atom. The zero-order chi connectivity index (χ0) is 38.0. The van der Waals surface area contributed by atoms with Crippen LogP contribution in [0.25, 0.3) is 32.7 Å². The van der Waals surface area contributed by atoms with Gasteiger partial charge >= 0.3 is 21.1 Å². The van der Waals surface area contributed by atoms with E-state index in [1.54, 1.807) is 6.33 Å². The molecule has 0 saturated heterocycles. The summed E-state index contributed by atoms with van der Waals surface area (Å²) in [7, 11) is 0.0764. The van der Waals surface area contributed by atoms with Crippen LogP contribution in [-0.2, 0) is 37.3 Å². The van der Waals surface area contributed by atoms with Crippen LogP contribution in [-0.4, -0.2) is 30.1 Å². The minimum absolute atomic E-state index is 0. The molecule has 0 fully saturated rings. The van der Waals surface area contributed by atoms with Crippen molar-refractivity contribution in [3.05, 3.63) is 113 Å². The Kier molecular flexibility index (Phi) is 11.3. The molecule has 3 aromatic heterocycles. The number of fused-ring (bicyclic) bond motifs is 1. The second-order valence-corrected chi connectivity index (χ2v) is 23.7. The van der Waals surface area contributed by atoms with Gasteiger partial charge in [-0.3, -0.25) is 4.98 Å². The third-order valence-corrected chi connectivity index (χ3v) is 16.6. The minimum Gasteiger partial charge on any atom is -0.379 e. The van der Waals surface area contributed by atoms with Crippen molar-refractivity contribution >= 4 is 50.7 Å². The predicted molar refractivity (Wildman–Crippen MR) is 227 cm³/mol. The number of rotatable bonds is 6. The maximum absolute atomic E-state index is 4.97. The van der Waals surface area contributed by atoms with E-state index in [4.69, 9.17) is 15.0 Å². The van der Waals surface area contributed by atoms with Gasteiger partial charge in [-0.05, 0) is 63.0 Å². The molecule has 0 saturated carbocycles. The molecule has 0 aliphatic carbocycles. The van der Waals surface area contributed by atoms with Gasteiger partial charge in [-0.15, -0.1) is 58.7 Å². The molecular formula is C46H54N4PtSSi. The fourth-order valence-electron chi connectivity index (χ4n) is 6.81. The maximum Gasteiger partial charge on any atom is 2.00 e. The number of aromatic nitrogens is 3. The standard InChI is InChI=1S/C46H54N4SSi.Pt/c1-29-21-31(39-27-34(19-20-47-39)45(6,7)8)24-36(22-29)50(12)37-25-32(23-35(26-37)46(9,10)11)41-42-40(48-28-49-41)30(2)43(51-42)52(13,14)38-17-15-33(16-18-38)44(3,4)5;/h15-23,26-28H,1-14H3;/q-2;+2. The third-order valence-electron chi connectivity index (χ3n) is 10.3. The molecule has 0 bridgehead atoms. The molecule has 0 aliphatic rings. The summed E-state index contributed by atoms with van der Waals surface area (Å²) in [6, 6.07) is 30.1. The average Bonchev–Trinajstić information content (AvgIpc) is 3.43. The zero-order valence-corrected chi connectivity index (χ0v) is 38.0. The first-order valence-corrected chi connectivity index (χ1v) is 22.1. The second-order valence-electron chi connectivity index (χ2n) is 18.0. The molecule has 6 rings (SSSR count). The zero-order valence-electron chi connectivity index (χ0n) is 33.9. The molecule has 3 aromatic carbocycles. The molecule has 0 aliphatic heterocycles. The van der Waals surface area contributed by atoms with Crippen LogP contribution in [0.5, 0.6) is 0 Å². The maximum atomic E-state index is 4.97. The van der Waals surface area contributed by atoms with Crippen molar-refractivity contribution in [3.63, 3.8) is 0 Å². The van der Waals surface area contributed by atoms with Gasteiger partial charge in [0.1, 0.15) is 14.4 Å². The van der Waals surface area contributed by atoms with E-state index in [0.717, 1.165) is 49.7 Å². The topological polar surface area (TPSA) is 41.9 Å². The number of aryl methyl sites for hydroxylation is 2. The van der Waals surface area contributed by atoms with Crippen molar-refractivity contribution in [2.75, 3.05) is 11.9 Å². The average molecular weight is 918 g/mol. The van der Waals surface area contributed by atoms with Gasteiger partial charge < -0.3 is 9.88 Å². The van der Waals surface area contributed by atoms with Gasteiger partial charge in [0, 0.05) is 28.1 Å². The number of thiophene rings is 1. The number of nitrogens with zero attached hydrogens (tertiary/aromatic N) is 4. The van der Waals surface area contributed by atoms with E-state index in [1.807, 2.05) is 17.5 Å². The number of hydrogen-bond donors (Lipinski definition) is 0. The Labute approximate surface area is 337 Å². The van der Waals surface area contributed by atoms with Crippen LogP contribution >= 0.6 is 11.3 Å². The second kappa shape index (κ2) is 14.7. The van der Waals surface area contributed by atoms with E-state index in [2.05, 4.69) is 174 Å². The van der Waals surface area contributed by atoms with E-state index < -0.39 is 8.07 Å². The first-order valence-electron chi connectivity index (χ1n) is 18.3. The predicted octanol–water partition coefficient (Wildman–Crippen LogP) is 11.1. The molecule has 0 spiro atoms. The molecular weight excluding hydrogens is 864 g/mol. The van der Waals surface area contributed by atoms with E-state index in [0.29, 0.717) is 0 Å². The quantitative estimate of drug-likeness (QED) is 0.123. The number of hydrogen-bond acceptors (Lipinski definition) is 5. The first-order chi connectivity index (χ1) is 24.1. The summed E-state index contributed by atoms with van der Waals surface area (Å²) in [5.41, 5.74) is 13.2. The normalized spacial score (nSPS) is 12.6. The molecule has 53 heavy (non-hydrogen) atoms. The molecule has 0 unspecified atom stereocenters. The molecule has 0 N–H and O–H groups in total. The molecule has 278 valence electrons. The molecule has 7 heteroatoms. The summed E-state index contributed by atoms with van der Waals surface area (Å²) in [4.78, 5) is 16.8. The van der Waals surface area contributed by atoms with Gasteiger partial charge in [-0.25, -0.2) is 4.98 Å². The van der Waals surface area contributed by atoms with Gasteiger partial charge in [-0.1, -0.05) is 118 Å². The third kappa shape index (κ3) is 8.31. The van der Waals surface area contributed by atoms with Crippen LogP contribution in [0.1, 0.15) is 90.1 Å². The van der Waals surface area contributed by atoms with Crippen LogP contribution in [0.15, 0.2) is 73.2 Å². The van der Waals surface area contributed by atoms with Crippen LogP contribution in [0, 0.1) is 26.0 Å². The van der Waals surface area contributed by atoms with E-state index >= 15 is 0 Å². The number of anilines is 2. The van der Waals surface area contributed by atoms with Crippen molar-refractivity contribution in [1.82, 2.24) is 15.0 Å². The molecule has 4 nitrogen and oxygen atoms in total. The Morgan fingerprint density at radius 3 is 1.89 bits per heavy atom. The van der Waals surface area contributed by atoms with Gasteiger partial charge in [-0.2, -0.15) is 11.3 Å². The Morgan fingerprint density at radius 1 is 0.660 bits per heavy atom. The first kappa shape index (κ1) is 40.7. The molecule has 0 radical (unpaired) electrons. The fourth-order valence-corrected chi connectivity index (χ4v) is 11.8. The summed E-state index contributed by atoms with van der Waals surface area (Å²) < 4.78 is 2.58. The van der Waals surface area contributed by atoms with E-state index in [1.165, 1.54) is 31.9 Å². The van der Waals surface area contributed by atoms with Crippen LogP contribution < -0.4 is 14.6 Å². The van der Waals surface area contributed by atoms with Gasteiger partial charge in [0.2, 0.25) is 0 Å². The fraction of sp³-hybridized carbons (Fsp3) is 0.370. The van der Waals surface area contributed by atoms with E-state index in [9.17, 15) is 0 Å². The van der Waals surface area contributed by atoms with Gasteiger partial charge in [0.15, 0.2) is 0 Å². The Bertz CT molecular complexity index is 2270. The SMILES string of the molecule is Cc1cc(-c2cc(C(C)(C)C)ccn2)[c-]c(N(C)c2[c-]c(-c3ncnc4c(C)c([Si](C)(C)c5ccc(C(C)(C)C)cc5)sc34)cc(C(C)(C)C)c2)c1.[Pt+2]. The van der Waals surface area contributed by atoms with Crippen molar-refractivity contribution in [2.24, 2.45) is 0 Å². The summed E-state index contributed by atoms with van der Waals surface area (Å²) in [5, 5.41) is 1.43. The van der Waals surface area contributed by atoms with E-state index in [-0.39, 0.29) is 37.3 Å². The smallest absolute Gasteiger partial charge is 0.379 e. The minimum atomic E-state index is -2.03. The van der Waals surface area contributed by atoms with Crippen LogP contribution in [0.3, 0.4) is 0 Å². The van der Waals surface area contributed by atoms with Crippen molar-refractivity contribution in [2.45, 2.75) is 106 Å². The van der Waals surface area contributed by atoms with Crippen molar-refractivity contribution in [1.29, 1.82) is 0 Å². The monoisotopic (exact) mass is 917 g/mol. The van der Waals surface area contributed by atoms with Gasteiger partial charge in [0.05, 0.1) is 5.52 Å². The molecule has 3 heterocycles. The number of pyridine rings is 1. The van der Waals surface area contributed by atoms with Crippen molar-refractivity contribution < 1.29 is 21.1 Å². The Hall–Kier alpha value is -3.44. The largest absolute Gasteiger partial charge is 2.00 e. The summed E-state index contributed by atoms with van der Waals surface area (Å²) in [6.07, 6.45) is 3.64.